The lowest BCUT2D eigenvalue weighted by Crippen LogP contribution is -2.39. The summed E-state index contributed by atoms with van der Waals surface area (Å²) in [7, 11) is 0. The van der Waals surface area contributed by atoms with E-state index in [1.807, 2.05) is 10.8 Å². The smallest absolute Gasteiger partial charge is 0.326 e. The summed E-state index contributed by atoms with van der Waals surface area (Å²) in [6, 6.07) is -0.130. The van der Waals surface area contributed by atoms with E-state index in [0.29, 0.717) is 51.7 Å². The number of aromatic hydroxyl groups is 1. The summed E-state index contributed by atoms with van der Waals surface area (Å²) in [6.07, 6.45) is 6.83. The molecule has 0 bridgehead atoms. The highest BCUT2D eigenvalue weighted by Crippen LogP contribution is 2.09. The summed E-state index contributed by atoms with van der Waals surface area (Å²) in [4.78, 5) is 44.4. The molecule has 0 aromatic carbocycles. The van der Waals surface area contributed by atoms with E-state index in [-0.39, 0.29) is 17.6 Å². The Morgan fingerprint density at radius 1 is 0.879 bits per heavy atom. The van der Waals surface area contributed by atoms with E-state index in [1.165, 1.54) is 13.8 Å². The van der Waals surface area contributed by atoms with Crippen molar-refractivity contribution in [3.8, 4) is 5.75 Å². The van der Waals surface area contributed by atoms with Crippen LogP contribution in [0.25, 0.3) is 0 Å². The van der Waals surface area contributed by atoms with Crippen molar-refractivity contribution in [1.82, 2.24) is 16.0 Å². The van der Waals surface area contributed by atoms with Crippen molar-refractivity contribution in [2.45, 2.75) is 77.5 Å². The summed E-state index contributed by atoms with van der Waals surface area (Å²) in [5.41, 5.74) is 0.873. The average Bonchev–Trinajstić information content (AvgIpc) is 2.70. The van der Waals surface area contributed by atoms with Crippen LogP contribution in [0.4, 0.5) is 0 Å². The molecule has 1 rings (SSSR count). The van der Waals surface area contributed by atoms with Gasteiger partial charge in [-0.1, -0.05) is 0 Å². The van der Waals surface area contributed by atoms with Crippen molar-refractivity contribution in [2.75, 3.05) is 6.54 Å². The molecular formula is C22H35N4O7+. The number of unbranched alkanes of at least 4 members (excludes halogenated alkanes) is 2. The van der Waals surface area contributed by atoms with Crippen LogP contribution in [-0.2, 0) is 32.3 Å². The molecule has 0 radical (unpaired) electrons. The fourth-order valence-electron chi connectivity index (χ4n) is 3.39. The van der Waals surface area contributed by atoms with Gasteiger partial charge in [0.05, 0.1) is 0 Å². The number of nitrogens with one attached hydrogen (secondary N) is 3. The van der Waals surface area contributed by atoms with Crippen molar-refractivity contribution >= 4 is 23.8 Å². The first-order valence-electron chi connectivity index (χ1n) is 11.0. The zero-order valence-electron chi connectivity index (χ0n) is 19.2. The number of amides is 2. The van der Waals surface area contributed by atoms with Gasteiger partial charge in [-0.2, -0.15) is 0 Å². The van der Waals surface area contributed by atoms with Crippen molar-refractivity contribution in [3.05, 3.63) is 24.0 Å². The predicted molar refractivity (Wildman–Crippen MR) is 118 cm³/mol. The van der Waals surface area contributed by atoms with Gasteiger partial charge in [0.15, 0.2) is 11.9 Å². The Kier molecular flexibility index (Phi) is 12.5. The molecule has 0 aliphatic heterocycles. The topological polar surface area (TPSA) is 169 Å². The second-order valence-electron chi connectivity index (χ2n) is 7.99. The third kappa shape index (κ3) is 12.4. The van der Waals surface area contributed by atoms with Gasteiger partial charge in [-0.3, -0.25) is 9.59 Å². The first-order chi connectivity index (χ1) is 15.6. The van der Waals surface area contributed by atoms with Crippen LogP contribution < -0.4 is 20.5 Å². The maximum absolute atomic E-state index is 11.2. The number of carboxylic acids is 2. The second-order valence-corrected chi connectivity index (χ2v) is 7.99. The maximum atomic E-state index is 11.2. The molecule has 33 heavy (non-hydrogen) atoms. The summed E-state index contributed by atoms with van der Waals surface area (Å²) < 4.78 is 1.84. The molecule has 2 atom stereocenters. The number of hydrogen-bond donors (Lipinski definition) is 6. The highest BCUT2D eigenvalue weighted by molar-refractivity contribution is 5.82. The number of hydrogen-bond acceptors (Lipinski definition) is 6. The highest BCUT2D eigenvalue weighted by atomic mass is 16.4. The molecule has 0 spiro atoms. The number of nitrogens with zero attached hydrogens (tertiary/aromatic N) is 1. The SMILES string of the molecule is CC(=O)NC(CCCCNCc1cc(O)c[n+](CCCCC(NC(C)=O)C(=O)O)c1)C(=O)O. The van der Waals surface area contributed by atoms with Gasteiger partial charge in [-0.15, -0.1) is 0 Å². The van der Waals surface area contributed by atoms with Crippen LogP contribution in [0, 0.1) is 0 Å². The van der Waals surface area contributed by atoms with Crippen LogP contribution in [-0.4, -0.2) is 57.7 Å². The summed E-state index contributed by atoms with van der Waals surface area (Å²) in [5, 5.41) is 36.3. The molecule has 0 saturated carbocycles. The Morgan fingerprint density at radius 3 is 1.94 bits per heavy atom. The zero-order chi connectivity index (χ0) is 24.8. The zero-order valence-corrected chi connectivity index (χ0v) is 19.2. The van der Waals surface area contributed by atoms with E-state index in [9.17, 15) is 24.3 Å². The van der Waals surface area contributed by atoms with Crippen LogP contribution in [0.5, 0.6) is 5.75 Å². The van der Waals surface area contributed by atoms with E-state index < -0.39 is 24.0 Å². The second kappa shape index (κ2) is 14.8. The summed E-state index contributed by atoms with van der Waals surface area (Å²) in [5.74, 6) is -2.73. The molecule has 0 fully saturated rings. The molecule has 2 unspecified atom stereocenters. The van der Waals surface area contributed by atoms with E-state index >= 15 is 0 Å². The average molecular weight is 468 g/mol. The lowest BCUT2D eigenvalue weighted by atomic mass is 10.1. The largest absolute Gasteiger partial charge is 0.503 e. The van der Waals surface area contributed by atoms with Gasteiger partial charge in [-0.25, -0.2) is 14.2 Å². The number of pyridine rings is 1. The minimum Gasteiger partial charge on any atom is -0.503 e. The van der Waals surface area contributed by atoms with Crippen LogP contribution >= 0.6 is 0 Å². The molecule has 184 valence electrons. The molecule has 6 N–H and O–H groups in total. The van der Waals surface area contributed by atoms with Gasteiger partial charge >= 0.3 is 11.9 Å². The van der Waals surface area contributed by atoms with Gasteiger partial charge in [0.1, 0.15) is 18.6 Å². The number of carbonyl (C=O) groups is 4. The third-order valence-electron chi connectivity index (χ3n) is 4.90. The predicted octanol–water partition coefficient (Wildman–Crippen LogP) is 0.289. The van der Waals surface area contributed by atoms with E-state index in [4.69, 9.17) is 10.2 Å². The molecule has 0 aliphatic rings. The molecule has 1 aromatic heterocycles. The van der Waals surface area contributed by atoms with Crippen LogP contribution in [0.1, 0.15) is 57.9 Å². The Morgan fingerprint density at radius 2 is 1.42 bits per heavy atom. The minimum absolute atomic E-state index is 0.121. The highest BCUT2D eigenvalue weighted by Gasteiger charge is 2.18. The number of rotatable bonds is 16. The van der Waals surface area contributed by atoms with E-state index in [2.05, 4.69) is 16.0 Å². The van der Waals surface area contributed by atoms with Gasteiger partial charge < -0.3 is 31.3 Å². The maximum Gasteiger partial charge on any atom is 0.326 e. The molecule has 0 aliphatic carbocycles. The molecule has 11 heteroatoms. The van der Waals surface area contributed by atoms with Crippen molar-refractivity contribution in [2.24, 2.45) is 0 Å². The Balaban J connectivity index is 2.38. The monoisotopic (exact) mass is 467 g/mol. The van der Waals surface area contributed by atoms with Crippen LogP contribution in [0.2, 0.25) is 0 Å². The Hall–Kier alpha value is -3.21. The minimum atomic E-state index is -1.06. The lowest BCUT2D eigenvalue weighted by Gasteiger charge is -2.13. The van der Waals surface area contributed by atoms with Gasteiger partial charge in [0.25, 0.3) is 0 Å². The van der Waals surface area contributed by atoms with Gasteiger partial charge in [0.2, 0.25) is 18.0 Å². The quantitative estimate of drug-likeness (QED) is 0.149. The number of aliphatic carboxylic acids is 2. The molecule has 1 heterocycles. The molecule has 11 nitrogen and oxygen atoms in total. The fraction of sp³-hybridized carbons (Fsp3) is 0.591. The normalized spacial score (nSPS) is 12.5. The van der Waals surface area contributed by atoms with Gasteiger partial charge in [0, 0.05) is 32.4 Å². The Bertz CT molecular complexity index is 816. The standard InChI is InChI=1S/C22H34N4O7/c1-15(27)24-19(21(30)31)7-3-5-9-23-12-17-11-18(29)14-26(13-17)10-6-4-8-20(22(32)33)25-16(2)28/h11,13-14,19-20,23H,3-10,12H2,1-2H3,(H4-,24,25,27,28,29,30,31,32,33)/p+1. The van der Waals surface area contributed by atoms with Crippen LogP contribution in [0.3, 0.4) is 0 Å². The Labute approximate surface area is 193 Å². The molecular weight excluding hydrogens is 432 g/mol. The first-order valence-corrected chi connectivity index (χ1v) is 11.0. The number of aryl methyl sites for hydroxylation is 1. The van der Waals surface area contributed by atoms with Crippen molar-refractivity contribution in [1.29, 1.82) is 0 Å². The van der Waals surface area contributed by atoms with Crippen molar-refractivity contribution < 1.29 is 39.1 Å². The summed E-state index contributed by atoms with van der Waals surface area (Å²) >= 11 is 0. The van der Waals surface area contributed by atoms with Gasteiger partial charge in [-0.05, 0) is 44.7 Å². The molecule has 1 aromatic rings. The van der Waals surface area contributed by atoms with Crippen molar-refractivity contribution in [3.63, 3.8) is 0 Å². The number of aromatic nitrogens is 1. The number of carboxylic acid groups (broad SMARTS) is 2. The fourth-order valence-corrected chi connectivity index (χ4v) is 3.39. The number of carbonyl (C=O) groups excluding carboxylic acids is 2. The molecule has 2 amide bonds. The summed E-state index contributed by atoms with van der Waals surface area (Å²) in [6.45, 7) is 4.34. The first kappa shape index (κ1) is 27.8. The van der Waals surface area contributed by atoms with Crippen LogP contribution in [0.15, 0.2) is 18.5 Å². The van der Waals surface area contributed by atoms with E-state index in [1.54, 1.807) is 12.3 Å². The lowest BCUT2D eigenvalue weighted by molar-refractivity contribution is -0.698. The van der Waals surface area contributed by atoms with E-state index in [0.717, 1.165) is 12.0 Å². The third-order valence-corrected chi connectivity index (χ3v) is 4.90. The molecule has 0 saturated heterocycles.